The Labute approximate surface area is 172 Å². The van der Waals surface area contributed by atoms with Gasteiger partial charge in [-0.2, -0.15) is 5.10 Å². The number of benzene rings is 2. The number of aryl methyl sites for hydroxylation is 1. The van der Waals surface area contributed by atoms with Crippen molar-refractivity contribution in [1.82, 2.24) is 14.8 Å². The van der Waals surface area contributed by atoms with E-state index in [4.69, 9.17) is 4.74 Å². The van der Waals surface area contributed by atoms with Gasteiger partial charge in [-0.05, 0) is 36.8 Å². The number of aromatic nitrogens is 3. The van der Waals surface area contributed by atoms with E-state index in [2.05, 4.69) is 20.7 Å². The fraction of sp³-hybridized carbons (Fsp3) is 0.136. The van der Waals surface area contributed by atoms with Crippen molar-refractivity contribution in [3.63, 3.8) is 0 Å². The molecule has 0 radical (unpaired) electrons. The summed E-state index contributed by atoms with van der Waals surface area (Å²) in [4.78, 5) is 16.6. The third-order valence-electron chi connectivity index (χ3n) is 4.63. The highest BCUT2D eigenvalue weighted by molar-refractivity contribution is 6.00. The van der Waals surface area contributed by atoms with Crippen LogP contribution >= 0.6 is 0 Å². The number of anilines is 2. The second kappa shape index (κ2) is 8.20. The van der Waals surface area contributed by atoms with E-state index >= 15 is 0 Å². The smallest absolute Gasteiger partial charge is 0.323 e. The predicted molar refractivity (Wildman–Crippen MR) is 114 cm³/mol. The lowest BCUT2D eigenvalue weighted by Gasteiger charge is -2.11. The normalized spacial score (nSPS) is 10.8. The standard InChI is InChI=1S/C22H20FN5O2/c1-3-30-16-8-9-19(23)20(10-16)27-22(29)26-15-6-4-14(5-7-15)17-11-24-13-21-18(17)12-25-28(21)2/h4-13H,3H2,1-2H3,(H2,26,27,29). The maximum absolute atomic E-state index is 14.0. The third kappa shape index (κ3) is 3.93. The highest BCUT2D eigenvalue weighted by Gasteiger charge is 2.11. The first kappa shape index (κ1) is 19.4. The molecule has 2 N–H and O–H groups in total. The van der Waals surface area contributed by atoms with E-state index in [9.17, 15) is 9.18 Å². The summed E-state index contributed by atoms with van der Waals surface area (Å²) >= 11 is 0. The van der Waals surface area contributed by atoms with Gasteiger partial charge in [0, 0.05) is 35.9 Å². The summed E-state index contributed by atoms with van der Waals surface area (Å²) in [7, 11) is 1.87. The number of carbonyl (C=O) groups excluding carboxylic acids is 1. The Morgan fingerprint density at radius 2 is 1.90 bits per heavy atom. The van der Waals surface area contributed by atoms with Gasteiger partial charge in [0.05, 0.1) is 30.2 Å². The topological polar surface area (TPSA) is 81.1 Å². The van der Waals surface area contributed by atoms with Gasteiger partial charge in [-0.25, -0.2) is 9.18 Å². The molecular formula is C22H20FN5O2. The molecule has 0 aliphatic rings. The first-order chi connectivity index (χ1) is 14.5. The minimum atomic E-state index is -0.550. The molecule has 30 heavy (non-hydrogen) atoms. The molecule has 0 fully saturated rings. The van der Waals surface area contributed by atoms with Crippen molar-refractivity contribution in [2.24, 2.45) is 7.05 Å². The number of amides is 2. The fourth-order valence-corrected chi connectivity index (χ4v) is 3.16. The number of nitrogens with one attached hydrogen (secondary N) is 2. The molecule has 7 nitrogen and oxygen atoms in total. The second-order valence-corrected chi connectivity index (χ2v) is 6.62. The lowest BCUT2D eigenvalue weighted by atomic mass is 10.0. The molecule has 2 amide bonds. The maximum atomic E-state index is 14.0. The van der Waals surface area contributed by atoms with Crippen molar-refractivity contribution in [2.75, 3.05) is 17.2 Å². The van der Waals surface area contributed by atoms with Gasteiger partial charge in [-0.1, -0.05) is 12.1 Å². The summed E-state index contributed by atoms with van der Waals surface area (Å²) in [6.07, 6.45) is 5.36. The van der Waals surface area contributed by atoms with Crippen LogP contribution in [0.25, 0.3) is 22.0 Å². The Balaban J connectivity index is 1.48. The summed E-state index contributed by atoms with van der Waals surface area (Å²) in [5, 5.41) is 10.5. The van der Waals surface area contributed by atoms with Crippen molar-refractivity contribution >= 4 is 28.3 Å². The third-order valence-corrected chi connectivity index (χ3v) is 4.63. The maximum Gasteiger partial charge on any atom is 0.323 e. The van der Waals surface area contributed by atoms with Crippen LogP contribution in [0.1, 0.15) is 6.92 Å². The monoisotopic (exact) mass is 405 g/mol. The number of rotatable bonds is 5. The SMILES string of the molecule is CCOc1ccc(F)c(NC(=O)Nc2ccc(-c3cncc4c3cnn4C)cc2)c1. The Morgan fingerprint density at radius 3 is 2.67 bits per heavy atom. The van der Waals surface area contributed by atoms with Crippen LogP contribution in [-0.4, -0.2) is 27.4 Å². The summed E-state index contributed by atoms with van der Waals surface area (Å²) in [6.45, 7) is 2.28. The van der Waals surface area contributed by atoms with Crippen molar-refractivity contribution in [3.05, 3.63) is 66.9 Å². The largest absolute Gasteiger partial charge is 0.494 e. The van der Waals surface area contributed by atoms with Crippen LogP contribution in [-0.2, 0) is 7.05 Å². The second-order valence-electron chi connectivity index (χ2n) is 6.62. The first-order valence-electron chi connectivity index (χ1n) is 9.41. The predicted octanol–water partition coefficient (Wildman–Crippen LogP) is 4.82. The van der Waals surface area contributed by atoms with E-state index in [1.807, 2.05) is 26.1 Å². The van der Waals surface area contributed by atoms with Gasteiger partial charge in [0.25, 0.3) is 0 Å². The number of urea groups is 1. The average Bonchev–Trinajstić information content (AvgIpc) is 3.12. The highest BCUT2D eigenvalue weighted by Crippen LogP contribution is 2.28. The molecule has 8 heteroatoms. The Hall–Kier alpha value is -3.94. The van der Waals surface area contributed by atoms with Gasteiger partial charge < -0.3 is 15.4 Å². The van der Waals surface area contributed by atoms with Gasteiger partial charge in [0.15, 0.2) is 0 Å². The molecule has 0 saturated carbocycles. The molecule has 4 rings (SSSR count). The van der Waals surface area contributed by atoms with Crippen molar-refractivity contribution in [3.8, 4) is 16.9 Å². The zero-order valence-corrected chi connectivity index (χ0v) is 16.5. The van der Waals surface area contributed by atoms with Crippen LogP contribution in [0.4, 0.5) is 20.6 Å². The quantitative estimate of drug-likeness (QED) is 0.499. The Kier molecular flexibility index (Phi) is 5.30. The molecule has 0 spiro atoms. The lowest BCUT2D eigenvalue weighted by molar-refractivity contribution is 0.262. The first-order valence-corrected chi connectivity index (χ1v) is 9.41. The van der Waals surface area contributed by atoms with E-state index in [0.717, 1.165) is 22.0 Å². The number of hydrogen-bond acceptors (Lipinski definition) is 4. The number of carbonyl (C=O) groups is 1. The van der Waals surface area contributed by atoms with Crippen LogP contribution in [0.5, 0.6) is 5.75 Å². The van der Waals surface area contributed by atoms with E-state index in [1.165, 1.54) is 18.2 Å². The minimum absolute atomic E-state index is 0.0457. The zero-order valence-electron chi connectivity index (χ0n) is 16.5. The summed E-state index contributed by atoms with van der Waals surface area (Å²) in [6, 6.07) is 11.0. The van der Waals surface area contributed by atoms with Crippen LogP contribution in [0, 0.1) is 5.82 Å². The van der Waals surface area contributed by atoms with E-state index < -0.39 is 11.8 Å². The fourth-order valence-electron chi connectivity index (χ4n) is 3.16. The highest BCUT2D eigenvalue weighted by atomic mass is 19.1. The molecule has 4 aromatic rings. The average molecular weight is 405 g/mol. The molecule has 0 bridgehead atoms. The molecule has 0 unspecified atom stereocenters. The molecule has 0 saturated heterocycles. The summed E-state index contributed by atoms with van der Waals surface area (Å²) in [5.74, 6) is -0.0576. The number of halogens is 1. The van der Waals surface area contributed by atoms with Gasteiger partial charge in [-0.15, -0.1) is 0 Å². The van der Waals surface area contributed by atoms with Crippen LogP contribution in [0.3, 0.4) is 0 Å². The van der Waals surface area contributed by atoms with E-state index in [1.54, 1.807) is 35.4 Å². The van der Waals surface area contributed by atoms with E-state index in [0.29, 0.717) is 18.0 Å². The number of nitrogens with zero attached hydrogens (tertiary/aromatic N) is 3. The van der Waals surface area contributed by atoms with Gasteiger partial charge in [0.1, 0.15) is 11.6 Å². The van der Waals surface area contributed by atoms with Crippen molar-refractivity contribution < 1.29 is 13.9 Å². The number of ether oxygens (including phenoxy) is 1. The summed E-state index contributed by atoms with van der Waals surface area (Å²) in [5.41, 5.74) is 3.45. The van der Waals surface area contributed by atoms with Crippen molar-refractivity contribution in [1.29, 1.82) is 0 Å². The van der Waals surface area contributed by atoms with Crippen molar-refractivity contribution in [2.45, 2.75) is 6.92 Å². The summed E-state index contributed by atoms with van der Waals surface area (Å²) < 4.78 is 21.1. The minimum Gasteiger partial charge on any atom is -0.494 e. The van der Waals surface area contributed by atoms with Crippen LogP contribution in [0.15, 0.2) is 61.1 Å². The molecule has 2 aromatic carbocycles. The van der Waals surface area contributed by atoms with Gasteiger partial charge in [-0.3, -0.25) is 9.67 Å². The Morgan fingerprint density at radius 1 is 1.10 bits per heavy atom. The zero-order chi connectivity index (χ0) is 21.1. The van der Waals surface area contributed by atoms with Crippen LogP contribution < -0.4 is 15.4 Å². The molecule has 2 heterocycles. The molecule has 0 atom stereocenters. The van der Waals surface area contributed by atoms with Gasteiger partial charge in [0.2, 0.25) is 0 Å². The number of pyridine rings is 1. The number of hydrogen-bond donors (Lipinski definition) is 2. The molecular weight excluding hydrogens is 385 g/mol. The molecule has 0 aliphatic heterocycles. The van der Waals surface area contributed by atoms with Crippen LogP contribution in [0.2, 0.25) is 0 Å². The molecule has 152 valence electrons. The van der Waals surface area contributed by atoms with Gasteiger partial charge >= 0.3 is 6.03 Å². The Bertz CT molecular complexity index is 1200. The lowest BCUT2D eigenvalue weighted by Crippen LogP contribution is -2.20. The molecule has 2 aromatic heterocycles. The molecule has 0 aliphatic carbocycles. The number of fused-ring (bicyclic) bond motifs is 1. The van der Waals surface area contributed by atoms with E-state index in [-0.39, 0.29) is 5.69 Å².